The van der Waals surface area contributed by atoms with Crippen molar-refractivity contribution in [3.63, 3.8) is 0 Å². The van der Waals surface area contributed by atoms with Crippen LogP contribution in [0, 0.1) is 0 Å². The molecule has 2 rings (SSSR count). The predicted molar refractivity (Wildman–Crippen MR) is 82.1 cm³/mol. The highest BCUT2D eigenvalue weighted by molar-refractivity contribution is 5.97. The molecule has 1 aliphatic heterocycles. The zero-order valence-corrected chi connectivity index (χ0v) is 12.4. The van der Waals surface area contributed by atoms with Crippen molar-refractivity contribution in [1.82, 2.24) is 0 Å². The number of anilines is 2. The normalized spacial score (nSPS) is 19.5. The van der Waals surface area contributed by atoms with E-state index in [-0.39, 0.29) is 5.97 Å². The fourth-order valence-electron chi connectivity index (χ4n) is 2.81. The van der Waals surface area contributed by atoms with Gasteiger partial charge in [-0.2, -0.15) is 0 Å². The number of rotatable bonds is 3. The number of nitrogens with two attached hydrogens (primary N) is 1. The summed E-state index contributed by atoms with van der Waals surface area (Å²) in [5.41, 5.74) is 7.96. The largest absolute Gasteiger partial charge is 0.462 e. The van der Waals surface area contributed by atoms with Crippen LogP contribution in [0.1, 0.15) is 49.9 Å². The first-order chi connectivity index (χ1) is 9.63. The molecule has 1 unspecified atom stereocenters. The molecule has 1 aromatic carbocycles. The van der Waals surface area contributed by atoms with Gasteiger partial charge < -0.3 is 15.4 Å². The Morgan fingerprint density at radius 3 is 2.95 bits per heavy atom. The van der Waals surface area contributed by atoms with Crippen LogP contribution in [-0.2, 0) is 4.74 Å². The van der Waals surface area contributed by atoms with Crippen molar-refractivity contribution >= 4 is 17.3 Å². The first-order valence-corrected chi connectivity index (χ1v) is 7.46. The summed E-state index contributed by atoms with van der Waals surface area (Å²) in [5.74, 6) is -0.286. The second-order valence-electron chi connectivity index (χ2n) is 5.39. The van der Waals surface area contributed by atoms with Crippen molar-refractivity contribution in [3.05, 3.63) is 23.8 Å². The Morgan fingerprint density at radius 2 is 2.20 bits per heavy atom. The number of benzene rings is 1. The van der Waals surface area contributed by atoms with Crippen molar-refractivity contribution in [2.45, 2.75) is 45.6 Å². The van der Waals surface area contributed by atoms with E-state index in [1.54, 1.807) is 6.07 Å². The molecule has 2 N–H and O–H groups in total. The summed E-state index contributed by atoms with van der Waals surface area (Å²) in [4.78, 5) is 14.5. The van der Waals surface area contributed by atoms with Crippen LogP contribution in [-0.4, -0.2) is 25.2 Å². The van der Waals surface area contributed by atoms with Gasteiger partial charge in [0.1, 0.15) is 0 Å². The highest BCUT2D eigenvalue weighted by Crippen LogP contribution is 2.29. The van der Waals surface area contributed by atoms with E-state index in [4.69, 9.17) is 10.5 Å². The second-order valence-corrected chi connectivity index (χ2v) is 5.39. The summed E-state index contributed by atoms with van der Waals surface area (Å²) >= 11 is 0. The average molecular weight is 276 g/mol. The molecule has 20 heavy (non-hydrogen) atoms. The summed E-state index contributed by atoms with van der Waals surface area (Å²) < 4.78 is 5.16. The average Bonchev–Trinajstić information content (AvgIpc) is 2.64. The third-order valence-electron chi connectivity index (χ3n) is 3.88. The van der Waals surface area contributed by atoms with Gasteiger partial charge in [0, 0.05) is 18.3 Å². The number of carbonyl (C=O) groups is 1. The van der Waals surface area contributed by atoms with Gasteiger partial charge in [0.2, 0.25) is 0 Å². The third kappa shape index (κ3) is 3.24. The van der Waals surface area contributed by atoms with Crippen LogP contribution in [0.2, 0.25) is 0 Å². The van der Waals surface area contributed by atoms with Gasteiger partial charge in [0.25, 0.3) is 0 Å². The van der Waals surface area contributed by atoms with Gasteiger partial charge in [-0.25, -0.2) is 4.79 Å². The Bertz CT molecular complexity index is 474. The molecule has 0 saturated carbocycles. The number of hydrogen-bond donors (Lipinski definition) is 1. The number of nitrogens with zero attached hydrogens (tertiary/aromatic N) is 1. The van der Waals surface area contributed by atoms with Gasteiger partial charge in [0.05, 0.1) is 17.9 Å². The minimum Gasteiger partial charge on any atom is -0.462 e. The molecule has 1 aliphatic rings. The second kappa shape index (κ2) is 6.64. The number of hydrogen-bond acceptors (Lipinski definition) is 4. The summed E-state index contributed by atoms with van der Waals surface area (Å²) in [5, 5.41) is 0. The van der Waals surface area contributed by atoms with Gasteiger partial charge in [0.15, 0.2) is 0 Å². The van der Waals surface area contributed by atoms with Gasteiger partial charge >= 0.3 is 5.97 Å². The van der Waals surface area contributed by atoms with Crippen LogP contribution in [0.3, 0.4) is 0 Å². The zero-order valence-electron chi connectivity index (χ0n) is 12.4. The van der Waals surface area contributed by atoms with Crippen LogP contribution >= 0.6 is 0 Å². The summed E-state index contributed by atoms with van der Waals surface area (Å²) in [7, 11) is 0. The Morgan fingerprint density at radius 1 is 1.40 bits per heavy atom. The molecule has 1 atom stereocenters. The predicted octanol–water partition coefficient (Wildman–Crippen LogP) is 3.21. The molecule has 110 valence electrons. The van der Waals surface area contributed by atoms with Gasteiger partial charge in [-0.1, -0.05) is 12.8 Å². The van der Waals surface area contributed by atoms with E-state index in [0.717, 1.165) is 25.1 Å². The zero-order chi connectivity index (χ0) is 14.5. The SMILES string of the molecule is CCOC(=O)c1cc(N)ccc1N1CCCCCC1C. The molecule has 0 amide bonds. The molecular weight excluding hydrogens is 252 g/mol. The number of ether oxygens (including phenoxy) is 1. The van der Waals surface area contributed by atoms with E-state index in [0.29, 0.717) is 23.9 Å². The molecule has 0 spiro atoms. The molecule has 0 bridgehead atoms. The molecule has 1 fully saturated rings. The lowest BCUT2D eigenvalue weighted by Crippen LogP contribution is -2.33. The van der Waals surface area contributed by atoms with Crippen LogP contribution < -0.4 is 10.6 Å². The smallest absolute Gasteiger partial charge is 0.340 e. The quantitative estimate of drug-likeness (QED) is 0.680. The number of nitrogen functional groups attached to an aromatic ring is 1. The Hall–Kier alpha value is -1.71. The monoisotopic (exact) mass is 276 g/mol. The maximum absolute atomic E-state index is 12.1. The van der Waals surface area contributed by atoms with Gasteiger partial charge in [-0.05, 0) is 44.9 Å². The maximum atomic E-state index is 12.1. The molecule has 0 aromatic heterocycles. The maximum Gasteiger partial charge on any atom is 0.340 e. The molecule has 0 radical (unpaired) electrons. The van der Waals surface area contributed by atoms with Crippen molar-refractivity contribution < 1.29 is 9.53 Å². The molecular formula is C16H24N2O2. The van der Waals surface area contributed by atoms with Crippen LogP contribution in [0.4, 0.5) is 11.4 Å². The minimum atomic E-state index is -0.286. The van der Waals surface area contributed by atoms with E-state index in [2.05, 4.69) is 11.8 Å². The topological polar surface area (TPSA) is 55.6 Å². The van der Waals surface area contributed by atoms with E-state index >= 15 is 0 Å². The highest BCUT2D eigenvalue weighted by Gasteiger charge is 2.23. The molecule has 1 heterocycles. The first kappa shape index (κ1) is 14.7. The Kier molecular flexibility index (Phi) is 4.88. The van der Waals surface area contributed by atoms with E-state index in [1.807, 2.05) is 19.1 Å². The molecule has 4 heteroatoms. The third-order valence-corrected chi connectivity index (χ3v) is 3.88. The van der Waals surface area contributed by atoms with Crippen LogP contribution in [0.15, 0.2) is 18.2 Å². The lowest BCUT2D eigenvalue weighted by Gasteiger charge is -2.31. The minimum absolute atomic E-state index is 0.286. The standard InChI is InChI=1S/C16H24N2O2/c1-3-20-16(19)14-11-13(17)8-9-15(14)18-10-6-4-5-7-12(18)2/h8-9,11-12H,3-7,10,17H2,1-2H3. The molecule has 0 aliphatic carbocycles. The van der Waals surface area contributed by atoms with Gasteiger partial charge in [-0.3, -0.25) is 0 Å². The van der Waals surface area contributed by atoms with E-state index in [9.17, 15) is 4.79 Å². The summed E-state index contributed by atoms with van der Waals surface area (Å²) in [6, 6.07) is 5.97. The van der Waals surface area contributed by atoms with Crippen LogP contribution in [0.25, 0.3) is 0 Å². The fourth-order valence-corrected chi connectivity index (χ4v) is 2.81. The van der Waals surface area contributed by atoms with Crippen molar-refractivity contribution in [2.75, 3.05) is 23.8 Å². The number of carbonyl (C=O) groups excluding carboxylic acids is 1. The highest BCUT2D eigenvalue weighted by atomic mass is 16.5. The van der Waals surface area contributed by atoms with Gasteiger partial charge in [-0.15, -0.1) is 0 Å². The van der Waals surface area contributed by atoms with E-state index < -0.39 is 0 Å². The van der Waals surface area contributed by atoms with Crippen molar-refractivity contribution in [3.8, 4) is 0 Å². The number of esters is 1. The Balaban J connectivity index is 2.36. The van der Waals surface area contributed by atoms with Crippen LogP contribution in [0.5, 0.6) is 0 Å². The summed E-state index contributed by atoms with van der Waals surface area (Å²) in [6.45, 7) is 5.40. The Labute approximate surface area is 120 Å². The molecule has 1 aromatic rings. The lowest BCUT2D eigenvalue weighted by molar-refractivity contribution is 0.0527. The van der Waals surface area contributed by atoms with Crippen molar-refractivity contribution in [2.24, 2.45) is 0 Å². The summed E-state index contributed by atoms with van der Waals surface area (Å²) in [6.07, 6.45) is 4.83. The first-order valence-electron chi connectivity index (χ1n) is 7.46. The fraction of sp³-hybridized carbons (Fsp3) is 0.562. The molecule has 4 nitrogen and oxygen atoms in total. The van der Waals surface area contributed by atoms with Crippen molar-refractivity contribution in [1.29, 1.82) is 0 Å². The lowest BCUT2D eigenvalue weighted by atomic mass is 10.1. The van der Waals surface area contributed by atoms with E-state index in [1.165, 1.54) is 12.8 Å². The molecule has 1 saturated heterocycles.